The van der Waals surface area contributed by atoms with E-state index in [9.17, 15) is 13.2 Å². The number of carbonyl (C=O) groups is 1. The predicted molar refractivity (Wildman–Crippen MR) is 106 cm³/mol. The number of benzene rings is 2. The molecule has 2 rings (SSSR count). The van der Waals surface area contributed by atoms with Crippen LogP contribution in [0.25, 0.3) is 0 Å². The van der Waals surface area contributed by atoms with Crippen molar-refractivity contribution < 1.29 is 13.2 Å². The summed E-state index contributed by atoms with van der Waals surface area (Å²) in [7, 11) is -3.40. The lowest BCUT2D eigenvalue weighted by atomic mass is 9.97. The zero-order valence-corrected chi connectivity index (χ0v) is 16.7. The maximum Gasteiger partial charge on any atom is 0.251 e. The fourth-order valence-electron chi connectivity index (χ4n) is 2.93. The van der Waals surface area contributed by atoms with Gasteiger partial charge >= 0.3 is 0 Å². The molecule has 0 heterocycles. The first kappa shape index (κ1) is 20.0. The minimum absolute atomic E-state index is 0.101. The van der Waals surface area contributed by atoms with E-state index in [2.05, 4.69) is 16.1 Å². The van der Waals surface area contributed by atoms with Gasteiger partial charge in [0.05, 0.1) is 18.0 Å². The van der Waals surface area contributed by atoms with Crippen LogP contribution < -0.4 is 10.0 Å². The molecule has 2 aromatic rings. The van der Waals surface area contributed by atoms with Crippen molar-refractivity contribution in [3.63, 3.8) is 0 Å². The van der Waals surface area contributed by atoms with Crippen LogP contribution in [0.4, 0.5) is 5.69 Å². The van der Waals surface area contributed by atoms with Crippen LogP contribution >= 0.6 is 0 Å². The SMILES string of the molecule is CC[C@@H](NC(=O)c1ccc(C)c(NS(C)(=O)=O)c1)c1ccc(C)cc1C. The number of rotatable bonds is 6. The van der Waals surface area contributed by atoms with Gasteiger partial charge < -0.3 is 5.32 Å². The highest BCUT2D eigenvalue weighted by molar-refractivity contribution is 7.92. The molecule has 0 aliphatic carbocycles. The Morgan fingerprint density at radius 1 is 1.04 bits per heavy atom. The Morgan fingerprint density at radius 2 is 1.73 bits per heavy atom. The molecule has 5 nitrogen and oxygen atoms in total. The molecule has 26 heavy (non-hydrogen) atoms. The van der Waals surface area contributed by atoms with Crippen molar-refractivity contribution in [2.24, 2.45) is 0 Å². The second kappa shape index (κ2) is 7.91. The zero-order chi connectivity index (χ0) is 19.5. The highest BCUT2D eigenvalue weighted by Crippen LogP contribution is 2.23. The first-order valence-corrected chi connectivity index (χ1v) is 10.5. The third-order valence-corrected chi connectivity index (χ3v) is 4.90. The number of amides is 1. The summed E-state index contributed by atoms with van der Waals surface area (Å²) < 4.78 is 25.4. The van der Waals surface area contributed by atoms with Gasteiger partial charge in [0.15, 0.2) is 0 Å². The third-order valence-electron chi connectivity index (χ3n) is 4.31. The van der Waals surface area contributed by atoms with Gasteiger partial charge in [-0.25, -0.2) is 8.42 Å². The normalized spacial score (nSPS) is 12.5. The lowest BCUT2D eigenvalue weighted by molar-refractivity contribution is 0.0935. The number of hydrogen-bond acceptors (Lipinski definition) is 3. The van der Waals surface area contributed by atoms with Crippen LogP contribution in [0.1, 0.15) is 52.0 Å². The fraction of sp³-hybridized carbons (Fsp3) is 0.350. The molecule has 6 heteroatoms. The van der Waals surface area contributed by atoms with Gasteiger partial charge in [-0.2, -0.15) is 0 Å². The number of anilines is 1. The van der Waals surface area contributed by atoms with Crippen LogP contribution in [0.5, 0.6) is 0 Å². The quantitative estimate of drug-likeness (QED) is 0.806. The third kappa shape index (κ3) is 5.08. The minimum Gasteiger partial charge on any atom is -0.345 e. The molecule has 0 radical (unpaired) electrons. The van der Waals surface area contributed by atoms with Crippen molar-refractivity contribution in [3.8, 4) is 0 Å². The summed E-state index contributed by atoms with van der Waals surface area (Å²) >= 11 is 0. The summed E-state index contributed by atoms with van der Waals surface area (Å²) in [6.45, 7) is 7.89. The Kier molecular flexibility index (Phi) is 6.08. The first-order valence-electron chi connectivity index (χ1n) is 8.57. The Morgan fingerprint density at radius 3 is 2.31 bits per heavy atom. The Hall–Kier alpha value is -2.34. The molecule has 0 unspecified atom stereocenters. The first-order chi connectivity index (χ1) is 12.1. The number of carbonyl (C=O) groups excluding carboxylic acids is 1. The largest absolute Gasteiger partial charge is 0.345 e. The molecule has 140 valence electrons. The van der Waals surface area contributed by atoms with E-state index < -0.39 is 10.0 Å². The van der Waals surface area contributed by atoms with Gasteiger partial charge in [-0.3, -0.25) is 9.52 Å². The monoisotopic (exact) mass is 374 g/mol. The summed E-state index contributed by atoms with van der Waals surface area (Å²) in [6, 6.07) is 11.1. The molecule has 0 saturated heterocycles. The van der Waals surface area contributed by atoms with Gasteiger partial charge in [-0.1, -0.05) is 36.8 Å². The summed E-state index contributed by atoms with van der Waals surface area (Å²) in [5.41, 5.74) is 5.01. The van der Waals surface area contributed by atoms with E-state index in [1.807, 2.05) is 32.9 Å². The number of aryl methyl sites for hydroxylation is 3. The van der Waals surface area contributed by atoms with Crippen molar-refractivity contribution in [1.82, 2.24) is 5.32 Å². The standard InChI is InChI=1S/C20H26N2O3S/c1-6-18(17-10-7-13(2)11-15(17)4)21-20(23)16-9-8-14(3)19(12-16)22-26(5,24)25/h7-12,18,22H,6H2,1-5H3,(H,21,23)/t18-/m1/s1. The molecule has 0 aromatic heterocycles. The highest BCUT2D eigenvalue weighted by atomic mass is 32.2. The number of nitrogens with one attached hydrogen (secondary N) is 2. The second-order valence-electron chi connectivity index (χ2n) is 6.70. The average Bonchev–Trinajstić information content (AvgIpc) is 2.53. The van der Waals surface area contributed by atoms with E-state index in [1.54, 1.807) is 25.1 Å². The Labute approximate surface area is 155 Å². The summed E-state index contributed by atoms with van der Waals surface area (Å²) in [5.74, 6) is -0.228. The van der Waals surface area contributed by atoms with Gasteiger partial charge in [0.1, 0.15) is 0 Å². The Balaban J connectivity index is 2.26. The lowest BCUT2D eigenvalue weighted by Crippen LogP contribution is -2.28. The molecular formula is C20H26N2O3S. The molecular weight excluding hydrogens is 348 g/mol. The highest BCUT2D eigenvalue weighted by Gasteiger charge is 2.17. The van der Waals surface area contributed by atoms with E-state index in [0.29, 0.717) is 11.3 Å². The number of hydrogen-bond donors (Lipinski definition) is 2. The predicted octanol–water partition coefficient (Wildman–Crippen LogP) is 3.86. The molecule has 0 fully saturated rings. The zero-order valence-electron chi connectivity index (χ0n) is 15.9. The van der Waals surface area contributed by atoms with Gasteiger partial charge in [0.2, 0.25) is 10.0 Å². The molecule has 1 amide bonds. The maximum absolute atomic E-state index is 12.7. The van der Waals surface area contributed by atoms with Crippen LogP contribution in [0.15, 0.2) is 36.4 Å². The van der Waals surface area contributed by atoms with Crippen molar-refractivity contribution >= 4 is 21.6 Å². The van der Waals surface area contributed by atoms with Crippen LogP contribution in [-0.4, -0.2) is 20.6 Å². The molecule has 0 saturated carbocycles. The minimum atomic E-state index is -3.40. The summed E-state index contributed by atoms with van der Waals surface area (Å²) in [4.78, 5) is 12.7. The van der Waals surface area contributed by atoms with Crippen LogP contribution in [0.2, 0.25) is 0 Å². The molecule has 0 spiro atoms. The van der Waals surface area contributed by atoms with Crippen LogP contribution in [0, 0.1) is 20.8 Å². The smallest absolute Gasteiger partial charge is 0.251 e. The topological polar surface area (TPSA) is 75.3 Å². The van der Waals surface area contributed by atoms with Crippen LogP contribution in [-0.2, 0) is 10.0 Å². The molecule has 2 aromatic carbocycles. The molecule has 0 aliphatic heterocycles. The summed E-state index contributed by atoms with van der Waals surface area (Å²) in [6.07, 6.45) is 1.85. The van der Waals surface area contributed by atoms with E-state index in [-0.39, 0.29) is 11.9 Å². The maximum atomic E-state index is 12.7. The van der Waals surface area contributed by atoms with Gasteiger partial charge in [-0.05, 0) is 56.0 Å². The van der Waals surface area contributed by atoms with Gasteiger partial charge in [-0.15, -0.1) is 0 Å². The fourth-order valence-corrected chi connectivity index (χ4v) is 3.55. The second-order valence-corrected chi connectivity index (χ2v) is 8.45. The Bertz CT molecular complexity index is 921. The molecule has 0 bridgehead atoms. The van der Waals surface area contributed by atoms with Crippen molar-refractivity contribution in [2.75, 3.05) is 11.0 Å². The van der Waals surface area contributed by atoms with E-state index in [4.69, 9.17) is 0 Å². The van der Waals surface area contributed by atoms with E-state index in [1.165, 1.54) is 5.56 Å². The van der Waals surface area contributed by atoms with Crippen molar-refractivity contribution in [2.45, 2.75) is 40.2 Å². The molecule has 2 N–H and O–H groups in total. The number of sulfonamides is 1. The summed E-state index contributed by atoms with van der Waals surface area (Å²) in [5, 5.41) is 3.05. The van der Waals surface area contributed by atoms with Gasteiger partial charge in [0.25, 0.3) is 5.91 Å². The molecule has 1 atom stereocenters. The van der Waals surface area contributed by atoms with Crippen LogP contribution in [0.3, 0.4) is 0 Å². The lowest BCUT2D eigenvalue weighted by Gasteiger charge is -2.20. The average molecular weight is 375 g/mol. The van der Waals surface area contributed by atoms with Crippen molar-refractivity contribution in [3.05, 3.63) is 64.2 Å². The van der Waals surface area contributed by atoms with E-state index >= 15 is 0 Å². The van der Waals surface area contributed by atoms with E-state index in [0.717, 1.165) is 29.4 Å². The van der Waals surface area contributed by atoms with Crippen molar-refractivity contribution in [1.29, 1.82) is 0 Å². The van der Waals surface area contributed by atoms with Gasteiger partial charge in [0, 0.05) is 5.56 Å². The molecule has 0 aliphatic rings.